The lowest BCUT2D eigenvalue weighted by Gasteiger charge is -2.14. The number of unbranched alkanes of at least 4 members (excludes halogenated alkanes) is 3. The Morgan fingerprint density at radius 3 is 2.71 bits per heavy atom. The number of benzene rings is 1. The van der Waals surface area contributed by atoms with Gasteiger partial charge in [-0.2, -0.15) is 4.98 Å². The number of rotatable bonds is 8. The molecule has 0 atom stereocenters. The minimum Gasteiger partial charge on any atom is -0.437 e. The van der Waals surface area contributed by atoms with Crippen molar-refractivity contribution in [2.45, 2.75) is 39.5 Å². The van der Waals surface area contributed by atoms with Crippen molar-refractivity contribution in [3.63, 3.8) is 0 Å². The Morgan fingerprint density at radius 2 is 1.94 bits per heavy atom. The third-order valence-corrected chi connectivity index (χ3v) is 7.17. The maximum Gasteiger partial charge on any atom is 0.269 e. The quantitative estimate of drug-likeness (QED) is 0.202. The molecule has 3 aromatic rings. The number of carbonyl (C=O) groups is 1. The van der Waals surface area contributed by atoms with Gasteiger partial charge in [0.2, 0.25) is 5.88 Å². The first-order valence-corrected chi connectivity index (χ1v) is 12.7. The van der Waals surface area contributed by atoms with Gasteiger partial charge in [-0.25, -0.2) is 0 Å². The van der Waals surface area contributed by atoms with Gasteiger partial charge >= 0.3 is 0 Å². The van der Waals surface area contributed by atoms with E-state index in [1.807, 2.05) is 13.0 Å². The number of hydrogen-bond acceptors (Lipinski definition) is 6. The molecule has 9 heteroatoms. The highest BCUT2D eigenvalue weighted by molar-refractivity contribution is 8.26. The number of pyridine rings is 1. The minimum absolute atomic E-state index is 0.0839. The van der Waals surface area contributed by atoms with Gasteiger partial charge in [0.15, 0.2) is 0 Å². The van der Waals surface area contributed by atoms with Crippen molar-refractivity contribution in [3.05, 3.63) is 74.0 Å². The summed E-state index contributed by atoms with van der Waals surface area (Å²) >= 11 is 12.9. The van der Waals surface area contributed by atoms with Crippen LogP contribution in [-0.2, 0) is 4.79 Å². The second kappa shape index (κ2) is 10.7. The number of fused-ring (bicyclic) bond motifs is 1. The number of para-hydroxylation sites is 1. The van der Waals surface area contributed by atoms with E-state index in [1.54, 1.807) is 41.4 Å². The number of carbonyl (C=O) groups excluding carboxylic acids is 1. The number of hydrogen-bond donors (Lipinski definition) is 0. The van der Waals surface area contributed by atoms with E-state index in [0.717, 1.165) is 31.2 Å². The van der Waals surface area contributed by atoms with E-state index in [0.29, 0.717) is 32.2 Å². The normalized spacial score (nSPS) is 15.0. The zero-order chi connectivity index (χ0) is 24.2. The van der Waals surface area contributed by atoms with Gasteiger partial charge in [-0.1, -0.05) is 80.0 Å². The Balaban J connectivity index is 1.77. The average molecular weight is 514 g/mol. The third kappa shape index (κ3) is 5.04. The number of nitrogens with zero attached hydrogens (tertiary/aromatic N) is 3. The molecule has 1 fully saturated rings. The maximum atomic E-state index is 13.5. The minimum atomic E-state index is -0.344. The van der Waals surface area contributed by atoms with Crippen molar-refractivity contribution in [2.75, 3.05) is 6.54 Å². The molecule has 34 heavy (non-hydrogen) atoms. The molecule has 0 unspecified atom stereocenters. The fourth-order valence-corrected chi connectivity index (χ4v) is 5.11. The zero-order valence-electron chi connectivity index (χ0n) is 18.9. The van der Waals surface area contributed by atoms with Crippen LogP contribution in [0.25, 0.3) is 11.7 Å². The van der Waals surface area contributed by atoms with Gasteiger partial charge in [-0.3, -0.25) is 18.9 Å². The first-order chi connectivity index (χ1) is 16.4. The molecule has 0 N–H and O–H groups in total. The molecule has 4 rings (SSSR count). The first-order valence-electron chi connectivity index (χ1n) is 11.1. The van der Waals surface area contributed by atoms with E-state index < -0.39 is 0 Å². The Hall–Kier alpha value is -2.68. The molecule has 1 aliphatic rings. The van der Waals surface area contributed by atoms with Crippen LogP contribution in [0.2, 0.25) is 5.02 Å². The SMILES string of the molecule is CCCCCCN1C(=O)/C(=C\c2c(Oc3ccccc3Cl)nc3c(C)cccn3c2=O)SC1=S. The van der Waals surface area contributed by atoms with Gasteiger partial charge in [-0.05, 0) is 43.2 Å². The number of thioether (sulfide) groups is 1. The molecule has 176 valence electrons. The molecular weight excluding hydrogens is 490 g/mol. The average Bonchev–Trinajstić information content (AvgIpc) is 3.08. The molecule has 1 aliphatic heterocycles. The molecule has 0 radical (unpaired) electrons. The van der Waals surface area contributed by atoms with E-state index in [2.05, 4.69) is 11.9 Å². The van der Waals surface area contributed by atoms with Crippen LogP contribution in [0.4, 0.5) is 0 Å². The number of halogens is 1. The standard InChI is InChI=1S/C25H24ClN3O3S2/c1-3-4-5-8-13-29-24(31)20(34-25(29)33)15-17-22(32-19-12-7-6-11-18(19)26)27-21-16(2)10-9-14-28(21)23(17)30/h6-7,9-12,14-15H,3-5,8,13H2,1-2H3/b20-15+. The molecule has 2 aromatic heterocycles. The van der Waals surface area contributed by atoms with Gasteiger partial charge < -0.3 is 4.74 Å². The van der Waals surface area contributed by atoms with Crippen molar-refractivity contribution in [1.82, 2.24) is 14.3 Å². The van der Waals surface area contributed by atoms with E-state index in [9.17, 15) is 9.59 Å². The molecular formula is C25H24ClN3O3S2. The number of thiocarbonyl (C=S) groups is 1. The molecule has 0 spiro atoms. The summed E-state index contributed by atoms with van der Waals surface area (Å²) in [6.07, 6.45) is 7.33. The van der Waals surface area contributed by atoms with Gasteiger partial charge in [0, 0.05) is 12.7 Å². The summed E-state index contributed by atoms with van der Waals surface area (Å²) in [7, 11) is 0. The van der Waals surface area contributed by atoms with Crippen molar-refractivity contribution in [3.8, 4) is 11.6 Å². The van der Waals surface area contributed by atoms with Gasteiger partial charge in [0.1, 0.15) is 21.3 Å². The van der Waals surface area contributed by atoms with Crippen LogP contribution >= 0.6 is 35.6 Å². The van der Waals surface area contributed by atoms with Crippen LogP contribution in [0, 0.1) is 6.92 Å². The van der Waals surface area contributed by atoms with E-state index in [-0.39, 0.29) is 22.9 Å². The van der Waals surface area contributed by atoms with Crippen molar-refractivity contribution in [2.24, 2.45) is 0 Å². The molecule has 0 saturated carbocycles. The monoisotopic (exact) mass is 513 g/mol. The third-order valence-electron chi connectivity index (χ3n) is 5.48. The summed E-state index contributed by atoms with van der Waals surface area (Å²) in [5.41, 5.74) is 1.10. The number of amides is 1. The van der Waals surface area contributed by atoms with Gasteiger partial charge in [0.25, 0.3) is 11.5 Å². The summed E-state index contributed by atoms with van der Waals surface area (Å²) in [6.45, 7) is 4.58. The van der Waals surface area contributed by atoms with Crippen molar-refractivity contribution < 1.29 is 9.53 Å². The van der Waals surface area contributed by atoms with Crippen LogP contribution in [0.15, 0.2) is 52.3 Å². The lowest BCUT2D eigenvalue weighted by molar-refractivity contribution is -0.122. The fourth-order valence-electron chi connectivity index (χ4n) is 3.65. The lowest BCUT2D eigenvalue weighted by Crippen LogP contribution is -2.29. The topological polar surface area (TPSA) is 63.9 Å². The number of aryl methyl sites for hydroxylation is 1. The number of ether oxygens (including phenoxy) is 1. The maximum absolute atomic E-state index is 13.5. The van der Waals surface area contributed by atoms with Crippen molar-refractivity contribution in [1.29, 1.82) is 0 Å². The first kappa shape index (κ1) is 24.4. The molecule has 1 amide bonds. The summed E-state index contributed by atoms with van der Waals surface area (Å²) in [5.74, 6) is 0.247. The van der Waals surface area contributed by atoms with E-state index in [1.165, 1.54) is 22.2 Å². The van der Waals surface area contributed by atoms with Crippen LogP contribution in [0.5, 0.6) is 11.6 Å². The van der Waals surface area contributed by atoms with Crippen molar-refractivity contribution >= 4 is 57.5 Å². The summed E-state index contributed by atoms with van der Waals surface area (Å²) in [4.78, 5) is 33.2. The fraction of sp³-hybridized carbons (Fsp3) is 0.280. The summed E-state index contributed by atoms with van der Waals surface area (Å²) in [5, 5.41) is 0.388. The Labute approximate surface area is 212 Å². The second-order valence-corrected chi connectivity index (χ2v) is 10.0. The molecule has 1 saturated heterocycles. The Bertz CT molecular complexity index is 1350. The highest BCUT2D eigenvalue weighted by Crippen LogP contribution is 2.35. The van der Waals surface area contributed by atoms with Crippen LogP contribution < -0.4 is 10.3 Å². The van der Waals surface area contributed by atoms with E-state index >= 15 is 0 Å². The zero-order valence-corrected chi connectivity index (χ0v) is 21.3. The molecule has 3 heterocycles. The van der Waals surface area contributed by atoms with Gasteiger partial charge in [-0.15, -0.1) is 0 Å². The Morgan fingerprint density at radius 1 is 1.15 bits per heavy atom. The Kier molecular flexibility index (Phi) is 7.70. The van der Waals surface area contributed by atoms with Gasteiger partial charge in [0.05, 0.1) is 9.93 Å². The molecule has 0 bridgehead atoms. The number of aromatic nitrogens is 2. The van der Waals surface area contributed by atoms with E-state index in [4.69, 9.17) is 28.6 Å². The highest BCUT2D eigenvalue weighted by Gasteiger charge is 2.32. The molecule has 0 aliphatic carbocycles. The summed E-state index contributed by atoms with van der Waals surface area (Å²) < 4.78 is 7.95. The van der Waals surface area contributed by atoms with Crippen LogP contribution in [-0.4, -0.2) is 31.1 Å². The lowest BCUT2D eigenvalue weighted by atomic mass is 10.2. The summed E-state index contributed by atoms with van der Waals surface area (Å²) in [6, 6.07) is 10.6. The smallest absolute Gasteiger partial charge is 0.269 e. The van der Waals surface area contributed by atoms with Crippen LogP contribution in [0.3, 0.4) is 0 Å². The largest absolute Gasteiger partial charge is 0.437 e. The molecule has 1 aromatic carbocycles. The molecule has 6 nitrogen and oxygen atoms in total. The predicted octanol–water partition coefficient (Wildman–Crippen LogP) is 6.23. The second-order valence-electron chi connectivity index (χ2n) is 7.95. The highest BCUT2D eigenvalue weighted by atomic mass is 35.5. The van der Waals surface area contributed by atoms with Crippen LogP contribution in [0.1, 0.15) is 43.7 Å². The predicted molar refractivity (Wildman–Crippen MR) is 142 cm³/mol.